The number of amides is 2. The van der Waals surface area contributed by atoms with Gasteiger partial charge >= 0.3 is 0 Å². The Morgan fingerprint density at radius 2 is 1.79 bits per heavy atom. The number of carbonyl (C=O) groups is 2. The van der Waals surface area contributed by atoms with Crippen LogP contribution in [-0.2, 0) is 17.3 Å². The van der Waals surface area contributed by atoms with Gasteiger partial charge in [0.25, 0.3) is 5.91 Å². The minimum Gasteiger partial charge on any atom is -0.366 e. The smallest absolute Gasteiger partial charge is 0.290 e. The Bertz CT molecular complexity index is 1120. The summed E-state index contributed by atoms with van der Waals surface area (Å²) in [5.41, 5.74) is 0.445. The van der Waals surface area contributed by atoms with E-state index in [-0.39, 0.29) is 49.6 Å². The van der Waals surface area contributed by atoms with Crippen LogP contribution in [0.5, 0.6) is 0 Å². The monoisotopic (exact) mass is 522 g/mol. The molecule has 10 heteroatoms. The van der Waals surface area contributed by atoms with Crippen molar-refractivity contribution in [2.75, 3.05) is 19.6 Å². The van der Waals surface area contributed by atoms with Gasteiger partial charge in [0.1, 0.15) is 12.1 Å². The van der Waals surface area contributed by atoms with E-state index in [2.05, 4.69) is 41.7 Å². The molecular weight excluding hydrogens is 492 g/mol. The van der Waals surface area contributed by atoms with Gasteiger partial charge in [-0.1, -0.05) is 20.8 Å². The third kappa shape index (κ3) is 3.96. The van der Waals surface area contributed by atoms with Crippen LogP contribution in [0.4, 0.5) is 0 Å². The van der Waals surface area contributed by atoms with Crippen molar-refractivity contribution >= 4 is 38.8 Å². The number of carbonyl (C=O) groups excluding carboxylic acids is 2. The quantitative estimate of drug-likeness (QED) is 0.518. The van der Waals surface area contributed by atoms with Crippen LogP contribution in [0.3, 0.4) is 0 Å². The zero-order valence-corrected chi connectivity index (χ0v) is 21.0. The average molecular weight is 523 g/mol. The predicted molar refractivity (Wildman–Crippen MR) is 125 cm³/mol. The Balaban J connectivity index is 1.59. The molecule has 4 rings (SSSR count). The third-order valence-corrected chi connectivity index (χ3v) is 7.50. The van der Waals surface area contributed by atoms with Gasteiger partial charge in [0.15, 0.2) is 11.5 Å². The molecule has 2 aromatic rings. The molecule has 1 saturated carbocycles. The van der Waals surface area contributed by atoms with Crippen molar-refractivity contribution < 1.29 is 24.9 Å². The molecule has 1 aromatic carbocycles. The number of aromatic nitrogens is 2. The fourth-order valence-corrected chi connectivity index (χ4v) is 5.28. The first-order valence-corrected chi connectivity index (χ1v) is 12.0. The molecule has 2 amide bonds. The van der Waals surface area contributed by atoms with Crippen molar-refractivity contribution in [2.24, 2.45) is 7.05 Å². The van der Waals surface area contributed by atoms with Gasteiger partial charge < -0.3 is 29.7 Å². The topological polar surface area (TPSA) is 119 Å². The second-order valence-electron chi connectivity index (χ2n) is 10.2. The van der Waals surface area contributed by atoms with Gasteiger partial charge in [-0.05, 0) is 51.9 Å². The minimum atomic E-state index is -2.37. The normalized spacial score (nSPS) is 23.9. The summed E-state index contributed by atoms with van der Waals surface area (Å²) in [6.07, 6.45) is 1.20. The first kappa shape index (κ1) is 24.1. The summed E-state index contributed by atoms with van der Waals surface area (Å²) in [6, 6.07) is 4.03. The van der Waals surface area contributed by atoms with Gasteiger partial charge in [-0.25, -0.2) is 4.98 Å². The highest BCUT2D eigenvalue weighted by atomic mass is 79.9. The molecule has 9 nitrogen and oxygen atoms in total. The van der Waals surface area contributed by atoms with Gasteiger partial charge in [0.2, 0.25) is 11.7 Å². The Morgan fingerprint density at radius 1 is 1.12 bits per heavy atom. The lowest BCUT2D eigenvalue weighted by Crippen LogP contribution is -2.71. The highest BCUT2D eigenvalue weighted by molar-refractivity contribution is 9.10. The summed E-state index contributed by atoms with van der Waals surface area (Å²) in [6.45, 7) is 6.23. The van der Waals surface area contributed by atoms with E-state index in [1.807, 2.05) is 12.1 Å². The zero-order chi connectivity index (χ0) is 24.3. The standard InChI is InChI=1S/C23H31BrN4O5/c1-21(2,3)14-11-15(24)18-16(12-14)26(4)19(25-18)20(30)27-9-10-28(17(29)13-27)22(31)7-5-6-8-23(22,32)33/h11-12,31-33H,5-10,13H2,1-4H3. The maximum Gasteiger partial charge on any atom is 0.290 e. The summed E-state index contributed by atoms with van der Waals surface area (Å²) >= 11 is 3.57. The van der Waals surface area contributed by atoms with Crippen molar-refractivity contribution in [3.8, 4) is 0 Å². The van der Waals surface area contributed by atoms with Crippen molar-refractivity contribution in [1.82, 2.24) is 19.4 Å². The van der Waals surface area contributed by atoms with Crippen molar-refractivity contribution in [3.63, 3.8) is 0 Å². The Kier molecular flexibility index (Phi) is 5.88. The van der Waals surface area contributed by atoms with Crippen LogP contribution in [-0.4, -0.2) is 77.6 Å². The molecule has 3 N–H and O–H groups in total. The molecule has 1 aliphatic heterocycles. The molecule has 0 radical (unpaired) electrons. The number of nitrogens with zero attached hydrogens (tertiary/aromatic N) is 4. The van der Waals surface area contributed by atoms with E-state index in [0.717, 1.165) is 20.5 Å². The third-order valence-electron chi connectivity index (χ3n) is 6.89. The molecule has 0 bridgehead atoms. The number of aryl methyl sites for hydroxylation is 1. The second-order valence-corrected chi connectivity index (χ2v) is 11.0. The molecule has 180 valence electrons. The van der Waals surface area contributed by atoms with Crippen molar-refractivity contribution in [2.45, 2.75) is 63.4 Å². The minimum absolute atomic E-state index is 0.00571. The van der Waals surface area contributed by atoms with Crippen LogP contribution in [0, 0.1) is 0 Å². The van der Waals surface area contributed by atoms with Gasteiger partial charge in [0, 0.05) is 37.5 Å². The first-order valence-electron chi connectivity index (χ1n) is 11.2. The number of benzene rings is 1. The number of aliphatic hydroxyl groups is 3. The molecule has 1 unspecified atom stereocenters. The summed E-state index contributed by atoms with van der Waals surface area (Å²) in [5, 5.41) is 31.7. The van der Waals surface area contributed by atoms with E-state index < -0.39 is 17.4 Å². The van der Waals surface area contributed by atoms with Crippen LogP contribution in [0.25, 0.3) is 11.0 Å². The number of halogens is 1. The van der Waals surface area contributed by atoms with E-state index >= 15 is 0 Å². The molecule has 2 aliphatic rings. The molecule has 2 fully saturated rings. The fourth-order valence-electron chi connectivity index (χ4n) is 4.74. The molecule has 1 atom stereocenters. The van der Waals surface area contributed by atoms with Crippen LogP contribution < -0.4 is 0 Å². The average Bonchev–Trinajstić information content (AvgIpc) is 3.06. The van der Waals surface area contributed by atoms with E-state index in [4.69, 9.17) is 0 Å². The van der Waals surface area contributed by atoms with Crippen molar-refractivity contribution in [3.05, 3.63) is 28.0 Å². The molecule has 1 saturated heterocycles. The number of hydrogen-bond donors (Lipinski definition) is 3. The number of hydrogen-bond acceptors (Lipinski definition) is 6. The van der Waals surface area contributed by atoms with E-state index in [0.29, 0.717) is 18.4 Å². The molecular formula is C23H31BrN4O5. The van der Waals surface area contributed by atoms with Gasteiger partial charge in [-0.2, -0.15) is 0 Å². The number of fused-ring (bicyclic) bond motifs is 1. The fraction of sp³-hybridized carbons (Fsp3) is 0.609. The number of imidazole rings is 1. The summed E-state index contributed by atoms with van der Waals surface area (Å²) in [5.74, 6) is -3.07. The van der Waals surface area contributed by atoms with Crippen LogP contribution in [0.2, 0.25) is 0 Å². The highest BCUT2D eigenvalue weighted by Crippen LogP contribution is 2.39. The number of piperazine rings is 1. The lowest BCUT2D eigenvalue weighted by atomic mass is 9.84. The Labute approximate surface area is 201 Å². The summed E-state index contributed by atoms with van der Waals surface area (Å²) in [7, 11) is 1.77. The molecule has 0 spiro atoms. The largest absolute Gasteiger partial charge is 0.366 e. The summed E-state index contributed by atoms with van der Waals surface area (Å²) < 4.78 is 2.53. The van der Waals surface area contributed by atoms with Crippen molar-refractivity contribution in [1.29, 1.82) is 0 Å². The molecule has 2 heterocycles. The lowest BCUT2D eigenvalue weighted by Gasteiger charge is -2.51. The summed E-state index contributed by atoms with van der Waals surface area (Å²) in [4.78, 5) is 33.3. The number of rotatable bonds is 2. The van der Waals surface area contributed by atoms with Gasteiger partial charge in [-0.15, -0.1) is 0 Å². The van der Waals surface area contributed by atoms with Crippen LogP contribution in [0.1, 0.15) is 62.6 Å². The predicted octanol–water partition coefficient (Wildman–Crippen LogP) is 1.86. The Hall–Kier alpha value is -2.01. The molecule has 33 heavy (non-hydrogen) atoms. The first-order chi connectivity index (χ1) is 15.3. The Morgan fingerprint density at radius 3 is 2.39 bits per heavy atom. The van der Waals surface area contributed by atoms with Gasteiger partial charge in [0.05, 0.1) is 5.52 Å². The van der Waals surface area contributed by atoms with Crippen LogP contribution in [0.15, 0.2) is 16.6 Å². The van der Waals surface area contributed by atoms with E-state index in [1.54, 1.807) is 11.6 Å². The second kappa shape index (κ2) is 8.04. The lowest BCUT2D eigenvalue weighted by molar-refractivity contribution is -0.335. The van der Waals surface area contributed by atoms with E-state index in [1.165, 1.54) is 4.90 Å². The zero-order valence-electron chi connectivity index (χ0n) is 19.4. The molecule has 1 aromatic heterocycles. The highest BCUT2D eigenvalue weighted by Gasteiger charge is 2.56. The van der Waals surface area contributed by atoms with Gasteiger partial charge in [-0.3, -0.25) is 9.59 Å². The SMILES string of the molecule is Cn1c(C(=O)N2CCN(C3(O)CCCCC3(O)O)C(=O)C2)nc2c(Br)cc(C(C)(C)C)cc21. The maximum atomic E-state index is 13.3. The van der Waals surface area contributed by atoms with Crippen LogP contribution >= 0.6 is 15.9 Å². The molecule has 1 aliphatic carbocycles. The van der Waals surface area contributed by atoms with E-state index in [9.17, 15) is 24.9 Å². The maximum absolute atomic E-state index is 13.3.